The van der Waals surface area contributed by atoms with Crippen LogP contribution in [0.4, 0.5) is 11.4 Å². The molecule has 2 saturated heterocycles. The quantitative estimate of drug-likeness (QED) is 0.325. The van der Waals surface area contributed by atoms with E-state index in [4.69, 9.17) is 17.0 Å². The van der Waals surface area contributed by atoms with Crippen molar-refractivity contribution in [1.82, 2.24) is 10.2 Å². The van der Waals surface area contributed by atoms with Gasteiger partial charge in [0.2, 0.25) is 0 Å². The monoisotopic (exact) mass is 498 g/mol. The minimum Gasteiger partial charge on any atom is -0.457 e. The predicted molar refractivity (Wildman–Crippen MR) is 145 cm³/mol. The van der Waals surface area contributed by atoms with Gasteiger partial charge in [0.05, 0.1) is 5.69 Å². The SMILES string of the molecule is CN1CCN(c2ccc(/C=C3\C(=O)NC(=S)N(c4ccc(Oc5ccccc5)cc4)C3=O)cc2)CC1. The van der Waals surface area contributed by atoms with Gasteiger partial charge < -0.3 is 14.5 Å². The number of rotatable bonds is 5. The van der Waals surface area contributed by atoms with E-state index in [2.05, 4.69) is 22.2 Å². The summed E-state index contributed by atoms with van der Waals surface area (Å²) >= 11 is 5.32. The average molecular weight is 499 g/mol. The van der Waals surface area contributed by atoms with Crippen molar-refractivity contribution in [3.63, 3.8) is 0 Å². The number of thiocarbonyl (C=S) groups is 1. The topological polar surface area (TPSA) is 65.1 Å². The molecule has 1 N–H and O–H groups in total. The molecule has 0 atom stereocenters. The standard InChI is InChI=1S/C28H26N4O3S/c1-30-15-17-31(18-16-30)21-9-7-20(8-10-21)19-25-26(33)29-28(36)32(27(25)34)22-11-13-24(14-12-22)35-23-5-3-2-4-6-23/h2-14,19H,15-18H2,1H3,(H,29,33,36)/b25-19+. The van der Waals surface area contributed by atoms with Gasteiger partial charge in [-0.25, -0.2) is 0 Å². The number of piperazine rings is 1. The van der Waals surface area contributed by atoms with Gasteiger partial charge in [-0.05, 0) is 79.4 Å². The van der Waals surface area contributed by atoms with E-state index in [9.17, 15) is 9.59 Å². The minimum atomic E-state index is -0.506. The normalized spacial score (nSPS) is 17.9. The van der Waals surface area contributed by atoms with E-state index in [1.807, 2.05) is 54.6 Å². The van der Waals surface area contributed by atoms with Crippen molar-refractivity contribution < 1.29 is 14.3 Å². The predicted octanol–water partition coefficient (Wildman–Crippen LogP) is 4.06. The first-order chi connectivity index (χ1) is 17.5. The van der Waals surface area contributed by atoms with Crippen LogP contribution < -0.4 is 19.9 Å². The van der Waals surface area contributed by atoms with E-state index < -0.39 is 11.8 Å². The van der Waals surface area contributed by atoms with Crippen molar-refractivity contribution in [2.75, 3.05) is 43.0 Å². The fourth-order valence-electron chi connectivity index (χ4n) is 4.19. The zero-order valence-corrected chi connectivity index (χ0v) is 20.7. The molecule has 2 amide bonds. The lowest BCUT2D eigenvalue weighted by atomic mass is 10.1. The Balaban J connectivity index is 1.33. The fourth-order valence-corrected chi connectivity index (χ4v) is 4.47. The van der Waals surface area contributed by atoms with Crippen LogP contribution in [0.3, 0.4) is 0 Å². The molecule has 0 aliphatic carbocycles. The highest BCUT2D eigenvalue weighted by Gasteiger charge is 2.34. The molecule has 7 nitrogen and oxygen atoms in total. The second kappa shape index (κ2) is 10.3. The number of nitrogens with zero attached hydrogens (tertiary/aromatic N) is 3. The number of para-hydroxylation sites is 1. The number of benzene rings is 3. The molecule has 3 aromatic rings. The lowest BCUT2D eigenvalue weighted by Gasteiger charge is -2.34. The van der Waals surface area contributed by atoms with E-state index in [0.717, 1.165) is 37.4 Å². The van der Waals surface area contributed by atoms with E-state index >= 15 is 0 Å². The second-order valence-corrected chi connectivity index (χ2v) is 9.14. The molecular formula is C28H26N4O3S. The fraction of sp³-hybridized carbons (Fsp3) is 0.179. The number of hydrogen-bond acceptors (Lipinski definition) is 6. The van der Waals surface area contributed by atoms with Crippen LogP contribution in [0.25, 0.3) is 6.08 Å². The van der Waals surface area contributed by atoms with Crippen molar-refractivity contribution >= 4 is 46.6 Å². The Hall–Kier alpha value is -4.01. The lowest BCUT2D eigenvalue weighted by molar-refractivity contribution is -0.122. The zero-order valence-electron chi connectivity index (χ0n) is 19.9. The Labute approximate surface area is 215 Å². The van der Waals surface area contributed by atoms with Crippen LogP contribution in [0, 0.1) is 0 Å². The largest absolute Gasteiger partial charge is 0.457 e. The Kier molecular flexibility index (Phi) is 6.79. The Morgan fingerprint density at radius 2 is 1.42 bits per heavy atom. The first kappa shape index (κ1) is 23.7. The molecule has 182 valence electrons. The summed E-state index contributed by atoms with van der Waals surface area (Å²) in [7, 11) is 2.13. The summed E-state index contributed by atoms with van der Waals surface area (Å²) in [5.74, 6) is 0.364. The molecule has 0 radical (unpaired) electrons. The molecule has 2 aliphatic heterocycles. The van der Waals surface area contributed by atoms with Crippen LogP contribution >= 0.6 is 12.2 Å². The molecule has 2 fully saturated rings. The van der Waals surface area contributed by atoms with Crippen LogP contribution in [0.5, 0.6) is 11.5 Å². The van der Waals surface area contributed by atoms with Crippen molar-refractivity contribution in [3.8, 4) is 11.5 Å². The highest BCUT2D eigenvalue weighted by atomic mass is 32.1. The van der Waals surface area contributed by atoms with Gasteiger partial charge >= 0.3 is 0 Å². The molecule has 2 aliphatic rings. The molecule has 0 bridgehead atoms. The number of anilines is 2. The summed E-state index contributed by atoms with van der Waals surface area (Å²) in [6.07, 6.45) is 1.60. The molecule has 3 aromatic carbocycles. The molecule has 0 spiro atoms. The Morgan fingerprint density at radius 3 is 2.08 bits per heavy atom. The first-order valence-corrected chi connectivity index (χ1v) is 12.2. The van der Waals surface area contributed by atoms with Gasteiger partial charge in [0.15, 0.2) is 5.11 Å². The Morgan fingerprint density at radius 1 is 0.806 bits per heavy atom. The molecule has 2 heterocycles. The van der Waals surface area contributed by atoms with Crippen LogP contribution in [0.15, 0.2) is 84.4 Å². The summed E-state index contributed by atoms with van der Waals surface area (Å²) in [5, 5.41) is 2.68. The Bertz CT molecular complexity index is 1300. The smallest absolute Gasteiger partial charge is 0.270 e. The molecule has 5 rings (SSSR count). The molecule has 36 heavy (non-hydrogen) atoms. The third kappa shape index (κ3) is 5.15. The highest BCUT2D eigenvalue weighted by molar-refractivity contribution is 7.80. The zero-order chi connectivity index (χ0) is 25.1. The third-order valence-electron chi connectivity index (χ3n) is 6.25. The van der Waals surface area contributed by atoms with Gasteiger partial charge in [-0.3, -0.25) is 19.8 Å². The third-order valence-corrected chi connectivity index (χ3v) is 6.53. The maximum Gasteiger partial charge on any atom is 0.270 e. The van der Waals surface area contributed by atoms with E-state index in [1.165, 1.54) is 4.90 Å². The number of ether oxygens (including phenoxy) is 1. The van der Waals surface area contributed by atoms with Gasteiger partial charge in [-0.2, -0.15) is 0 Å². The van der Waals surface area contributed by atoms with E-state index in [1.54, 1.807) is 30.3 Å². The van der Waals surface area contributed by atoms with Crippen LogP contribution in [-0.2, 0) is 9.59 Å². The maximum absolute atomic E-state index is 13.3. The summed E-state index contributed by atoms with van der Waals surface area (Å²) in [6, 6.07) is 24.3. The van der Waals surface area contributed by atoms with Crippen molar-refractivity contribution in [1.29, 1.82) is 0 Å². The van der Waals surface area contributed by atoms with Crippen molar-refractivity contribution in [3.05, 3.63) is 90.0 Å². The maximum atomic E-state index is 13.3. The van der Waals surface area contributed by atoms with Crippen LogP contribution in [-0.4, -0.2) is 55.1 Å². The number of hydrogen-bond donors (Lipinski definition) is 1. The van der Waals surface area contributed by atoms with Gasteiger partial charge in [0.1, 0.15) is 17.1 Å². The lowest BCUT2D eigenvalue weighted by Crippen LogP contribution is -2.54. The second-order valence-electron chi connectivity index (χ2n) is 8.75. The van der Waals surface area contributed by atoms with Gasteiger partial charge in [-0.1, -0.05) is 30.3 Å². The summed E-state index contributed by atoms with van der Waals surface area (Å²) in [6.45, 7) is 3.99. The van der Waals surface area contributed by atoms with Crippen LogP contribution in [0.2, 0.25) is 0 Å². The summed E-state index contributed by atoms with van der Waals surface area (Å²) < 4.78 is 5.83. The highest BCUT2D eigenvalue weighted by Crippen LogP contribution is 2.27. The summed E-state index contributed by atoms with van der Waals surface area (Å²) in [4.78, 5) is 32.0. The average Bonchev–Trinajstić information content (AvgIpc) is 2.89. The molecule has 8 heteroatoms. The molecule has 0 saturated carbocycles. The number of likely N-dealkylation sites (N-methyl/N-ethyl adjacent to an activating group) is 1. The number of carbonyl (C=O) groups is 2. The molecule has 0 unspecified atom stereocenters. The van der Waals surface area contributed by atoms with Gasteiger partial charge in [0, 0.05) is 31.9 Å². The summed E-state index contributed by atoms with van der Waals surface area (Å²) in [5.41, 5.74) is 2.47. The number of nitrogens with one attached hydrogen (secondary N) is 1. The molecular weight excluding hydrogens is 472 g/mol. The van der Waals surface area contributed by atoms with Crippen LogP contribution in [0.1, 0.15) is 5.56 Å². The number of amides is 2. The van der Waals surface area contributed by atoms with Crippen molar-refractivity contribution in [2.24, 2.45) is 0 Å². The van der Waals surface area contributed by atoms with Gasteiger partial charge in [0.25, 0.3) is 11.8 Å². The van der Waals surface area contributed by atoms with Crippen molar-refractivity contribution in [2.45, 2.75) is 0 Å². The molecule has 0 aromatic heterocycles. The first-order valence-electron chi connectivity index (χ1n) is 11.8. The van der Waals surface area contributed by atoms with Gasteiger partial charge in [-0.15, -0.1) is 0 Å². The van der Waals surface area contributed by atoms with E-state index in [0.29, 0.717) is 17.2 Å². The number of carbonyl (C=O) groups excluding carboxylic acids is 2. The minimum absolute atomic E-state index is 0.0283. The van der Waals surface area contributed by atoms with E-state index in [-0.39, 0.29) is 10.7 Å².